The van der Waals surface area contributed by atoms with E-state index in [1.165, 1.54) is 23.2 Å². The average Bonchev–Trinajstić information content (AvgIpc) is 3.39. The predicted molar refractivity (Wildman–Crippen MR) is 132 cm³/mol. The molecule has 38 heavy (non-hydrogen) atoms. The second-order valence-corrected chi connectivity index (χ2v) is 10.2. The van der Waals surface area contributed by atoms with E-state index in [0.717, 1.165) is 24.1 Å². The molecule has 0 radical (unpaired) electrons. The zero-order valence-corrected chi connectivity index (χ0v) is 21.4. The van der Waals surface area contributed by atoms with Gasteiger partial charge in [-0.1, -0.05) is 26.8 Å². The molecule has 1 aliphatic rings. The van der Waals surface area contributed by atoms with Crippen LogP contribution in [-0.2, 0) is 15.8 Å². The van der Waals surface area contributed by atoms with Crippen LogP contribution in [0.25, 0.3) is 5.69 Å². The standard InChI is InChI=1S/C27H26F3N5O3/c1-17(36)38-35-23(22-13-14-32-34(22)20-11-9-18(16-31)10-12-20)26(5,25(2,3)4)33(24(35)37)21-8-6-7-19(15-21)27(28,29)30/h6-15,23H,1-5H3. The minimum atomic E-state index is -4.62. The number of benzene rings is 2. The Morgan fingerprint density at radius 1 is 1.08 bits per heavy atom. The van der Waals surface area contributed by atoms with Crippen molar-refractivity contribution in [1.29, 1.82) is 5.26 Å². The van der Waals surface area contributed by atoms with Crippen LogP contribution in [-0.4, -0.2) is 32.4 Å². The van der Waals surface area contributed by atoms with Gasteiger partial charge in [-0.25, -0.2) is 9.48 Å². The summed E-state index contributed by atoms with van der Waals surface area (Å²) in [5.74, 6) is -0.769. The third-order valence-corrected chi connectivity index (χ3v) is 6.98. The second kappa shape index (κ2) is 9.20. The molecule has 0 bridgehead atoms. The lowest BCUT2D eigenvalue weighted by Crippen LogP contribution is -2.55. The summed E-state index contributed by atoms with van der Waals surface area (Å²) < 4.78 is 42.4. The van der Waals surface area contributed by atoms with E-state index in [1.54, 1.807) is 41.9 Å². The normalized spacial score (nSPS) is 20.0. The largest absolute Gasteiger partial charge is 0.416 e. The molecule has 2 atom stereocenters. The van der Waals surface area contributed by atoms with Gasteiger partial charge in [-0.05, 0) is 60.9 Å². The Morgan fingerprint density at radius 3 is 2.29 bits per heavy atom. The number of halogens is 3. The monoisotopic (exact) mass is 525 g/mol. The van der Waals surface area contributed by atoms with E-state index in [1.807, 2.05) is 26.8 Å². The lowest BCUT2D eigenvalue weighted by Gasteiger charge is -2.47. The van der Waals surface area contributed by atoms with Crippen molar-refractivity contribution in [2.75, 3.05) is 4.90 Å². The topological polar surface area (TPSA) is 91.5 Å². The van der Waals surface area contributed by atoms with Crippen LogP contribution >= 0.6 is 0 Å². The summed E-state index contributed by atoms with van der Waals surface area (Å²) in [6, 6.07) is 13.0. The summed E-state index contributed by atoms with van der Waals surface area (Å²) in [5, 5.41) is 14.5. The first-order chi connectivity index (χ1) is 17.7. The molecule has 0 saturated carbocycles. The molecule has 2 amide bonds. The highest BCUT2D eigenvalue weighted by molar-refractivity contribution is 5.97. The maximum absolute atomic E-state index is 13.9. The van der Waals surface area contributed by atoms with Crippen molar-refractivity contribution in [3.05, 3.63) is 77.6 Å². The van der Waals surface area contributed by atoms with Gasteiger partial charge < -0.3 is 4.84 Å². The van der Waals surface area contributed by atoms with Crippen LogP contribution in [0.15, 0.2) is 60.8 Å². The molecule has 3 aromatic rings. The lowest BCUT2D eigenvalue weighted by molar-refractivity contribution is -0.183. The summed E-state index contributed by atoms with van der Waals surface area (Å²) in [4.78, 5) is 32.7. The van der Waals surface area contributed by atoms with Crippen LogP contribution in [0.4, 0.5) is 23.7 Å². The molecule has 0 N–H and O–H groups in total. The van der Waals surface area contributed by atoms with Gasteiger partial charge in [0.05, 0.1) is 34.1 Å². The molecule has 1 fully saturated rings. The number of aromatic nitrogens is 2. The van der Waals surface area contributed by atoms with Crippen molar-refractivity contribution in [3.8, 4) is 11.8 Å². The molecule has 2 unspecified atom stereocenters. The highest BCUT2D eigenvalue weighted by atomic mass is 19.4. The maximum Gasteiger partial charge on any atom is 0.416 e. The number of hydrogen-bond acceptors (Lipinski definition) is 5. The Balaban J connectivity index is 1.97. The van der Waals surface area contributed by atoms with Crippen LogP contribution in [0.1, 0.15) is 57.5 Å². The number of anilines is 1. The van der Waals surface area contributed by atoms with Crippen molar-refractivity contribution in [1.82, 2.24) is 14.8 Å². The zero-order chi connectivity index (χ0) is 28.0. The minimum Gasteiger partial charge on any atom is -0.336 e. The number of carbonyl (C=O) groups is 2. The SMILES string of the molecule is CC(=O)ON1C(=O)N(c2cccc(C(F)(F)F)c2)C(C)(C(C)(C)C)C1c1ccnn1-c1ccc(C#N)cc1. The van der Waals surface area contributed by atoms with Crippen LogP contribution in [0.5, 0.6) is 0 Å². The highest BCUT2D eigenvalue weighted by Crippen LogP contribution is 2.54. The molecular weight excluding hydrogens is 499 g/mol. The van der Waals surface area contributed by atoms with Gasteiger partial charge in [-0.3, -0.25) is 9.69 Å². The van der Waals surface area contributed by atoms with E-state index in [0.29, 0.717) is 16.9 Å². The molecule has 2 heterocycles. The Kier molecular flexibility index (Phi) is 6.47. The van der Waals surface area contributed by atoms with Gasteiger partial charge in [-0.2, -0.15) is 23.5 Å². The number of rotatable bonds is 4. The first-order valence-corrected chi connectivity index (χ1v) is 11.7. The van der Waals surface area contributed by atoms with Crippen molar-refractivity contribution in [3.63, 3.8) is 0 Å². The van der Waals surface area contributed by atoms with Gasteiger partial charge >= 0.3 is 18.2 Å². The Hall–Kier alpha value is -4.33. The third kappa shape index (κ3) is 4.36. The van der Waals surface area contributed by atoms with Gasteiger partial charge in [0.2, 0.25) is 0 Å². The molecule has 1 aliphatic heterocycles. The van der Waals surface area contributed by atoms with E-state index in [2.05, 4.69) is 5.10 Å². The molecule has 1 saturated heterocycles. The number of nitriles is 1. The summed E-state index contributed by atoms with van der Waals surface area (Å²) in [6.07, 6.45) is -3.11. The van der Waals surface area contributed by atoms with Crippen molar-refractivity contribution < 1.29 is 27.6 Å². The number of alkyl halides is 3. The number of hydroxylamine groups is 2. The highest BCUT2D eigenvalue weighted by Gasteiger charge is 2.63. The second-order valence-electron chi connectivity index (χ2n) is 10.2. The van der Waals surface area contributed by atoms with Gasteiger partial charge in [-0.15, -0.1) is 5.06 Å². The predicted octanol–water partition coefficient (Wildman–Crippen LogP) is 6.03. The number of carbonyl (C=O) groups excluding carboxylic acids is 2. The molecule has 4 rings (SSSR count). The summed E-state index contributed by atoms with van der Waals surface area (Å²) in [7, 11) is 0. The fourth-order valence-electron chi connectivity index (χ4n) is 4.76. The maximum atomic E-state index is 13.9. The number of amides is 2. The molecule has 11 heteroatoms. The van der Waals surface area contributed by atoms with E-state index >= 15 is 0 Å². The van der Waals surface area contributed by atoms with E-state index in [9.17, 15) is 22.8 Å². The first-order valence-electron chi connectivity index (χ1n) is 11.7. The van der Waals surface area contributed by atoms with Gasteiger partial charge in [0.1, 0.15) is 6.04 Å². The molecule has 1 aromatic heterocycles. The van der Waals surface area contributed by atoms with E-state index in [4.69, 9.17) is 10.1 Å². The zero-order valence-electron chi connectivity index (χ0n) is 21.4. The first kappa shape index (κ1) is 26.7. The third-order valence-electron chi connectivity index (χ3n) is 6.98. The quantitative estimate of drug-likeness (QED) is 0.415. The fourth-order valence-corrected chi connectivity index (χ4v) is 4.76. The number of hydrogen-bond donors (Lipinski definition) is 0. The Morgan fingerprint density at radius 2 is 1.74 bits per heavy atom. The van der Waals surface area contributed by atoms with Gasteiger partial charge in [0, 0.05) is 18.8 Å². The number of nitrogens with zero attached hydrogens (tertiary/aromatic N) is 5. The van der Waals surface area contributed by atoms with Crippen LogP contribution in [0, 0.1) is 16.7 Å². The Labute approximate surface area is 217 Å². The smallest absolute Gasteiger partial charge is 0.336 e. The Bertz CT molecular complexity index is 1420. The minimum absolute atomic E-state index is 0.00587. The van der Waals surface area contributed by atoms with Crippen molar-refractivity contribution in [2.45, 2.75) is 52.4 Å². The van der Waals surface area contributed by atoms with Crippen LogP contribution in [0.3, 0.4) is 0 Å². The van der Waals surface area contributed by atoms with Crippen LogP contribution in [0.2, 0.25) is 0 Å². The molecule has 0 aliphatic carbocycles. The molecule has 2 aromatic carbocycles. The van der Waals surface area contributed by atoms with Crippen molar-refractivity contribution >= 4 is 17.7 Å². The summed E-state index contributed by atoms with van der Waals surface area (Å²) in [6.45, 7) is 8.45. The molecule has 198 valence electrons. The molecule has 8 nitrogen and oxygen atoms in total. The summed E-state index contributed by atoms with van der Waals surface area (Å²) in [5.41, 5.74) is -1.43. The van der Waals surface area contributed by atoms with Gasteiger partial charge in [0.15, 0.2) is 0 Å². The lowest BCUT2D eigenvalue weighted by atomic mass is 9.69. The van der Waals surface area contributed by atoms with Crippen LogP contribution < -0.4 is 4.90 Å². The molecular formula is C27H26F3N5O3. The van der Waals surface area contributed by atoms with E-state index in [-0.39, 0.29) is 5.69 Å². The number of urea groups is 1. The van der Waals surface area contributed by atoms with Crippen molar-refractivity contribution in [2.24, 2.45) is 5.41 Å². The summed E-state index contributed by atoms with van der Waals surface area (Å²) >= 11 is 0. The molecule has 0 spiro atoms. The van der Waals surface area contributed by atoms with E-state index < -0.39 is 40.7 Å². The van der Waals surface area contributed by atoms with Gasteiger partial charge in [0.25, 0.3) is 0 Å². The fraction of sp³-hybridized carbons (Fsp3) is 0.333. The average molecular weight is 526 g/mol.